The predicted molar refractivity (Wildman–Crippen MR) is 279 cm³/mol. The van der Waals surface area contributed by atoms with E-state index in [1.54, 1.807) is 0 Å². The number of hydrogen-bond donors (Lipinski definition) is 0. The van der Waals surface area contributed by atoms with Crippen molar-refractivity contribution >= 4 is 63.0 Å². The zero-order valence-corrected chi connectivity index (χ0v) is 38.1. The molecule has 64 heavy (non-hydrogen) atoms. The van der Waals surface area contributed by atoms with Crippen LogP contribution in [0.3, 0.4) is 0 Å². The van der Waals surface area contributed by atoms with Crippen molar-refractivity contribution in [1.29, 1.82) is 0 Å². The molecule has 3 atom stereocenters. The minimum absolute atomic E-state index is 0.333. The molecule has 0 saturated heterocycles. The van der Waals surface area contributed by atoms with Crippen LogP contribution in [-0.2, 0) is 6.42 Å². The van der Waals surface area contributed by atoms with Gasteiger partial charge in [-0.1, -0.05) is 172 Å². The maximum Gasteiger partial charge on any atom is 0.0434 e. The SMILES string of the molecule is CCC(Cc1ccccc1-c1cc(-c2ccc3c(c2)-c2ccccc2C(c2ccccc2)C3C)ccc1C)c1cc(-c2cccc3c2sc2ccccc23)c2sc3ccccc3c2c1. The minimum Gasteiger partial charge on any atom is -0.135 e. The summed E-state index contributed by atoms with van der Waals surface area (Å²) in [6.45, 7) is 7.06. The fourth-order valence-electron chi connectivity index (χ4n) is 11.0. The molecule has 9 aromatic carbocycles. The number of fused-ring (bicyclic) bond motifs is 9. The quantitative estimate of drug-likeness (QED) is 0.143. The summed E-state index contributed by atoms with van der Waals surface area (Å²) in [6, 6.07) is 73.5. The van der Waals surface area contributed by atoms with E-state index in [1.165, 1.54) is 118 Å². The van der Waals surface area contributed by atoms with E-state index in [1.807, 2.05) is 22.7 Å². The average molecular weight is 857 g/mol. The molecule has 0 bridgehead atoms. The number of benzene rings is 9. The summed E-state index contributed by atoms with van der Waals surface area (Å²) in [7, 11) is 0. The summed E-state index contributed by atoms with van der Waals surface area (Å²) >= 11 is 3.87. The highest BCUT2D eigenvalue weighted by Crippen LogP contribution is 2.51. The highest BCUT2D eigenvalue weighted by atomic mass is 32.1. The molecule has 0 radical (unpaired) electrons. The van der Waals surface area contributed by atoms with Crippen LogP contribution in [0.4, 0.5) is 0 Å². The second kappa shape index (κ2) is 15.9. The van der Waals surface area contributed by atoms with Crippen LogP contribution in [0.1, 0.15) is 71.4 Å². The zero-order chi connectivity index (χ0) is 42.9. The number of rotatable bonds is 8. The van der Waals surface area contributed by atoms with Crippen LogP contribution >= 0.6 is 22.7 Å². The molecule has 308 valence electrons. The Morgan fingerprint density at radius 1 is 0.453 bits per heavy atom. The number of aryl methyl sites for hydroxylation is 1. The highest BCUT2D eigenvalue weighted by molar-refractivity contribution is 7.27. The summed E-state index contributed by atoms with van der Waals surface area (Å²) in [4.78, 5) is 0. The fourth-order valence-corrected chi connectivity index (χ4v) is 13.5. The van der Waals surface area contributed by atoms with Gasteiger partial charge in [0.05, 0.1) is 0 Å². The van der Waals surface area contributed by atoms with Gasteiger partial charge >= 0.3 is 0 Å². The Labute approximate surface area is 384 Å². The van der Waals surface area contributed by atoms with Crippen molar-refractivity contribution in [2.24, 2.45) is 0 Å². The summed E-state index contributed by atoms with van der Waals surface area (Å²) in [6.07, 6.45) is 2.01. The van der Waals surface area contributed by atoms with Crippen molar-refractivity contribution < 1.29 is 0 Å². The van der Waals surface area contributed by atoms with Crippen LogP contribution in [-0.4, -0.2) is 0 Å². The molecular formula is C62H48S2. The third kappa shape index (κ3) is 6.46. The molecule has 3 unspecified atom stereocenters. The molecule has 1 aliphatic rings. The van der Waals surface area contributed by atoms with Gasteiger partial charge in [0.1, 0.15) is 0 Å². The molecule has 11 aromatic rings. The Morgan fingerprint density at radius 3 is 1.84 bits per heavy atom. The molecule has 0 saturated carbocycles. The number of hydrogen-bond acceptors (Lipinski definition) is 2. The third-order valence-electron chi connectivity index (χ3n) is 14.3. The molecule has 0 amide bonds. The van der Waals surface area contributed by atoms with Gasteiger partial charge in [-0.3, -0.25) is 0 Å². The summed E-state index contributed by atoms with van der Waals surface area (Å²) in [5, 5.41) is 5.42. The van der Waals surface area contributed by atoms with Crippen LogP contribution in [0.15, 0.2) is 194 Å². The largest absolute Gasteiger partial charge is 0.135 e. The zero-order valence-electron chi connectivity index (χ0n) is 36.4. The monoisotopic (exact) mass is 856 g/mol. The minimum atomic E-state index is 0.333. The molecule has 2 heterocycles. The van der Waals surface area contributed by atoms with Crippen LogP contribution in [0.5, 0.6) is 0 Å². The van der Waals surface area contributed by atoms with Crippen LogP contribution in [0, 0.1) is 6.92 Å². The number of thiophene rings is 2. The van der Waals surface area contributed by atoms with Gasteiger partial charge in [-0.2, -0.15) is 0 Å². The van der Waals surface area contributed by atoms with Crippen LogP contribution in [0.2, 0.25) is 0 Å². The lowest BCUT2D eigenvalue weighted by atomic mass is 9.69. The lowest BCUT2D eigenvalue weighted by Gasteiger charge is -2.34. The van der Waals surface area contributed by atoms with Gasteiger partial charge in [-0.15, -0.1) is 22.7 Å². The standard InChI is InChI=1S/C62H48S2/c1-4-40(45-36-56-50-23-13-15-28-59(50)64-62(56)57(37-45)53-26-16-25-52-49-22-12-14-27-58(49)63-61(52)53)33-44-19-8-9-20-47(44)54-34-42(30-29-38(54)2)43-31-32-46-39(3)60(41-17-6-5-7-18-41)51-24-11-10-21-48(51)55(46)35-43/h5-32,34-37,39-40,60H,4,33H2,1-3H3. The summed E-state index contributed by atoms with van der Waals surface area (Å²) in [5.41, 5.74) is 18.9. The van der Waals surface area contributed by atoms with E-state index >= 15 is 0 Å². The van der Waals surface area contributed by atoms with E-state index in [2.05, 4.69) is 215 Å². The van der Waals surface area contributed by atoms with Crippen molar-refractivity contribution in [2.75, 3.05) is 0 Å². The first-order chi connectivity index (χ1) is 31.5. The van der Waals surface area contributed by atoms with Gasteiger partial charge in [0.2, 0.25) is 0 Å². The van der Waals surface area contributed by atoms with Gasteiger partial charge in [-0.05, 0) is 135 Å². The first-order valence-electron chi connectivity index (χ1n) is 22.9. The van der Waals surface area contributed by atoms with Crippen molar-refractivity contribution in [3.63, 3.8) is 0 Å². The Balaban J connectivity index is 0.937. The van der Waals surface area contributed by atoms with Crippen molar-refractivity contribution in [2.45, 2.75) is 51.4 Å². The molecule has 0 aliphatic heterocycles. The second-order valence-electron chi connectivity index (χ2n) is 17.9. The molecule has 2 heteroatoms. The molecule has 1 aliphatic carbocycles. The van der Waals surface area contributed by atoms with Crippen LogP contribution < -0.4 is 0 Å². The van der Waals surface area contributed by atoms with E-state index < -0.39 is 0 Å². The van der Waals surface area contributed by atoms with Crippen molar-refractivity contribution in [3.8, 4) is 44.5 Å². The molecule has 12 rings (SSSR count). The fraction of sp³-hybridized carbons (Fsp3) is 0.129. The maximum absolute atomic E-state index is 2.55. The molecule has 0 fully saturated rings. The van der Waals surface area contributed by atoms with E-state index in [9.17, 15) is 0 Å². The van der Waals surface area contributed by atoms with E-state index in [0.717, 1.165) is 12.8 Å². The van der Waals surface area contributed by atoms with Gasteiger partial charge < -0.3 is 0 Å². The van der Waals surface area contributed by atoms with E-state index in [-0.39, 0.29) is 0 Å². The van der Waals surface area contributed by atoms with E-state index in [0.29, 0.717) is 17.8 Å². The van der Waals surface area contributed by atoms with E-state index in [4.69, 9.17) is 0 Å². The maximum atomic E-state index is 2.55. The summed E-state index contributed by atoms with van der Waals surface area (Å²) < 4.78 is 5.46. The van der Waals surface area contributed by atoms with Crippen molar-refractivity contribution in [1.82, 2.24) is 0 Å². The first-order valence-corrected chi connectivity index (χ1v) is 24.5. The van der Waals surface area contributed by atoms with Gasteiger partial charge in [0, 0.05) is 57.4 Å². The second-order valence-corrected chi connectivity index (χ2v) is 20.0. The van der Waals surface area contributed by atoms with Crippen molar-refractivity contribution in [3.05, 3.63) is 228 Å². The first kappa shape index (κ1) is 39.0. The van der Waals surface area contributed by atoms with Gasteiger partial charge in [-0.25, -0.2) is 0 Å². The Kier molecular flexibility index (Phi) is 9.70. The van der Waals surface area contributed by atoms with Crippen LogP contribution in [0.25, 0.3) is 84.9 Å². The smallest absolute Gasteiger partial charge is 0.0434 e. The lowest BCUT2D eigenvalue weighted by molar-refractivity contribution is 0.649. The predicted octanol–water partition coefficient (Wildman–Crippen LogP) is 18.4. The Morgan fingerprint density at radius 2 is 1.06 bits per heavy atom. The summed E-state index contributed by atoms with van der Waals surface area (Å²) in [5.74, 6) is 1.04. The molecule has 2 aromatic heterocycles. The average Bonchev–Trinajstić information content (AvgIpc) is 3.92. The topological polar surface area (TPSA) is 0 Å². The normalized spacial score (nSPS) is 15.2. The molecule has 0 spiro atoms. The Bertz CT molecular complexity index is 3560. The lowest BCUT2D eigenvalue weighted by Crippen LogP contribution is -2.17. The van der Waals surface area contributed by atoms with Gasteiger partial charge in [0.25, 0.3) is 0 Å². The molecule has 0 nitrogen and oxygen atoms in total. The molecular weight excluding hydrogens is 809 g/mol. The highest BCUT2D eigenvalue weighted by Gasteiger charge is 2.32. The van der Waals surface area contributed by atoms with Gasteiger partial charge in [0.15, 0.2) is 0 Å². The third-order valence-corrected chi connectivity index (χ3v) is 16.7. The molecule has 0 N–H and O–H groups in total. The Hall–Kier alpha value is -6.58.